The topological polar surface area (TPSA) is 151 Å². The van der Waals surface area contributed by atoms with Crippen molar-refractivity contribution in [2.45, 2.75) is 112 Å². The van der Waals surface area contributed by atoms with E-state index < -0.39 is 63.8 Å². The first kappa shape index (κ1) is 35.6. The van der Waals surface area contributed by atoms with Crippen molar-refractivity contribution < 1.29 is 38.6 Å². The summed E-state index contributed by atoms with van der Waals surface area (Å²) in [5, 5.41) is 8.79. The van der Waals surface area contributed by atoms with Gasteiger partial charge in [-0.15, -0.1) is 0 Å². The minimum Gasteiger partial charge on any atom is -0.480 e. The Labute approximate surface area is 254 Å². The first-order chi connectivity index (χ1) is 19.9. The number of aryl methyl sites for hydroxylation is 1. The van der Waals surface area contributed by atoms with Crippen molar-refractivity contribution in [3.63, 3.8) is 0 Å². The predicted octanol–water partition coefficient (Wildman–Crippen LogP) is 3.62. The van der Waals surface area contributed by atoms with E-state index in [1.807, 2.05) is 39.8 Å². The zero-order chi connectivity index (χ0) is 32.8. The molecule has 2 atom stereocenters. The van der Waals surface area contributed by atoms with Gasteiger partial charge in [0, 0.05) is 36.3 Å². The third-order valence-electron chi connectivity index (χ3n) is 8.62. The maximum Gasteiger partial charge on any atom is 0.329 e. The van der Waals surface area contributed by atoms with Crippen molar-refractivity contribution in [1.82, 2.24) is 14.8 Å². The number of carbonyl (C=O) groups excluding carboxylic acids is 5. The van der Waals surface area contributed by atoms with Gasteiger partial charge in [0.15, 0.2) is 0 Å². The number of pyridine rings is 1. The average Bonchev–Trinajstić information content (AvgIpc) is 2.90. The Kier molecular flexibility index (Phi) is 11.8. The molecular weight excluding hydrogens is 554 g/mol. The number of nitrogens with zero attached hydrogens (tertiary/aromatic N) is 3. The Balaban J connectivity index is 0.000000344. The van der Waals surface area contributed by atoms with E-state index >= 15 is 0 Å². The second-order valence-corrected chi connectivity index (χ2v) is 13.1. The van der Waals surface area contributed by atoms with E-state index in [0.717, 1.165) is 16.9 Å². The molecule has 0 bridgehead atoms. The van der Waals surface area contributed by atoms with E-state index in [1.54, 1.807) is 40.1 Å². The van der Waals surface area contributed by atoms with Gasteiger partial charge in [-0.3, -0.25) is 24.2 Å². The van der Waals surface area contributed by atoms with Gasteiger partial charge in [-0.05, 0) is 64.0 Å². The van der Waals surface area contributed by atoms with Crippen LogP contribution in [0.15, 0.2) is 24.5 Å². The molecule has 0 aromatic carbocycles. The van der Waals surface area contributed by atoms with E-state index in [9.17, 15) is 28.8 Å². The highest BCUT2D eigenvalue weighted by Gasteiger charge is 2.46. The molecule has 43 heavy (non-hydrogen) atoms. The second kappa shape index (κ2) is 14.2. The monoisotopic (exact) mass is 601 g/mol. The molecular formula is C32H47N3O8. The summed E-state index contributed by atoms with van der Waals surface area (Å²) in [5.41, 5.74) is -1.02. The fraction of sp³-hybridized carbons (Fsp3) is 0.656. The molecule has 2 aliphatic rings. The lowest BCUT2D eigenvalue weighted by molar-refractivity contribution is -0.174. The first-order valence-corrected chi connectivity index (χ1v) is 14.9. The number of likely N-dealkylation sites (tertiary alicyclic amines) is 2. The molecule has 3 rings (SSSR count). The Bertz CT molecular complexity index is 1210. The number of aliphatic carboxylic acids is 1. The third-order valence-corrected chi connectivity index (χ3v) is 8.62. The summed E-state index contributed by atoms with van der Waals surface area (Å²) < 4.78 is 5.67. The van der Waals surface area contributed by atoms with Crippen LogP contribution < -0.4 is 0 Å². The molecule has 0 aliphatic carbocycles. The predicted molar refractivity (Wildman–Crippen MR) is 159 cm³/mol. The van der Waals surface area contributed by atoms with Crippen LogP contribution in [0.4, 0.5) is 0 Å². The standard InChI is InChI=1S/C21H30N2O4.C11H17NO4/c1-6-20(2,3)17(24)18(25)23-13-10-16(23)19(26)27-21(4,5)11-9-15-8-7-12-22-14-15;1-4-11(2,3)8(13)9(14)12-6-5-7(12)10(15)16/h7-8,12,14,16H,6,9-11,13H2,1-5H3;7H,4-6H2,1-3H3,(H,15,16)/t16-;7-/m00/s1. The van der Waals surface area contributed by atoms with Crippen LogP contribution in [0.1, 0.15) is 93.1 Å². The van der Waals surface area contributed by atoms with Gasteiger partial charge in [0.25, 0.3) is 11.8 Å². The zero-order valence-corrected chi connectivity index (χ0v) is 26.8. The number of esters is 1. The maximum atomic E-state index is 12.6. The molecule has 2 aliphatic heterocycles. The number of ketones is 2. The summed E-state index contributed by atoms with van der Waals surface area (Å²) >= 11 is 0. The first-order valence-electron chi connectivity index (χ1n) is 14.9. The van der Waals surface area contributed by atoms with Crippen molar-refractivity contribution in [3.05, 3.63) is 30.1 Å². The fourth-order valence-corrected chi connectivity index (χ4v) is 4.31. The molecule has 238 valence electrons. The smallest absolute Gasteiger partial charge is 0.329 e. The number of hydrogen-bond donors (Lipinski definition) is 1. The summed E-state index contributed by atoms with van der Waals surface area (Å²) in [6.45, 7) is 15.1. The van der Waals surface area contributed by atoms with Gasteiger partial charge in [-0.25, -0.2) is 9.59 Å². The Morgan fingerprint density at radius 1 is 0.860 bits per heavy atom. The zero-order valence-electron chi connectivity index (χ0n) is 26.8. The molecule has 3 heterocycles. The maximum absolute atomic E-state index is 12.6. The van der Waals surface area contributed by atoms with Gasteiger partial charge in [-0.1, -0.05) is 47.6 Å². The summed E-state index contributed by atoms with van der Waals surface area (Å²) in [5.74, 6) is -3.66. The fourth-order valence-electron chi connectivity index (χ4n) is 4.31. The number of Topliss-reactive ketones (excluding diaryl/α,β-unsaturated/α-hetero) is 2. The lowest BCUT2D eigenvalue weighted by atomic mass is 9.83. The summed E-state index contributed by atoms with van der Waals surface area (Å²) in [6, 6.07) is 2.38. The number of carboxylic acids is 1. The Morgan fingerprint density at radius 2 is 1.35 bits per heavy atom. The van der Waals surface area contributed by atoms with Crippen LogP contribution in [0.3, 0.4) is 0 Å². The molecule has 1 N–H and O–H groups in total. The molecule has 1 aromatic heterocycles. The Hall–Kier alpha value is -3.63. The molecule has 2 fully saturated rings. The normalized spacial score (nSPS) is 18.3. The quantitative estimate of drug-likeness (QED) is 0.280. The number of carbonyl (C=O) groups is 6. The lowest BCUT2D eigenvalue weighted by Crippen LogP contribution is -2.59. The molecule has 0 radical (unpaired) electrons. The van der Waals surface area contributed by atoms with Gasteiger partial charge in [-0.2, -0.15) is 0 Å². The lowest BCUT2D eigenvalue weighted by Gasteiger charge is -2.41. The van der Waals surface area contributed by atoms with E-state index in [2.05, 4.69) is 4.98 Å². The van der Waals surface area contributed by atoms with Crippen LogP contribution in [0.2, 0.25) is 0 Å². The average molecular weight is 602 g/mol. The van der Waals surface area contributed by atoms with Crippen LogP contribution in [0.25, 0.3) is 0 Å². The highest BCUT2D eigenvalue weighted by atomic mass is 16.6. The molecule has 0 unspecified atom stereocenters. The van der Waals surface area contributed by atoms with Crippen LogP contribution in [-0.2, 0) is 39.9 Å². The van der Waals surface area contributed by atoms with Crippen LogP contribution in [0.5, 0.6) is 0 Å². The van der Waals surface area contributed by atoms with E-state index in [4.69, 9.17) is 9.84 Å². The number of aromatic nitrogens is 1. The highest BCUT2D eigenvalue weighted by molar-refractivity contribution is 6.39. The van der Waals surface area contributed by atoms with Crippen molar-refractivity contribution in [2.24, 2.45) is 10.8 Å². The van der Waals surface area contributed by atoms with Gasteiger partial charge >= 0.3 is 11.9 Å². The number of ether oxygens (including phenoxy) is 1. The largest absolute Gasteiger partial charge is 0.480 e. The van der Waals surface area contributed by atoms with Crippen molar-refractivity contribution >= 4 is 35.3 Å². The van der Waals surface area contributed by atoms with E-state index in [1.165, 1.54) is 4.90 Å². The minimum absolute atomic E-state index is 0.362. The molecule has 11 heteroatoms. The van der Waals surface area contributed by atoms with Gasteiger partial charge in [0.05, 0.1) is 0 Å². The molecule has 0 spiro atoms. The third kappa shape index (κ3) is 8.93. The van der Waals surface area contributed by atoms with Crippen molar-refractivity contribution in [3.8, 4) is 0 Å². The van der Waals surface area contributed by atoms with Crippen LogP contribution >= 0.6 is 0 Å². The second-order valence-electron chi connectivity index (χ2n) is 13.1. The molecule has 0 saturated carbocycles. The highest BCUT2D eigenvalue weighted by Crippen LogP contribution is 2.29. The molecule has 1 aromatic rings. The van der Waals surface area contributed by atoms with Crippen LogP contribution in [0, 0.1) is 10.8 Å². The van der Waals surface area contributed by atoms with Crippen molar-refractivity contribution in [2.75, 3.05) is 13.1 Å². The van der Waals surface area contributed by atoms with Crippen molar-refractivity contribution in [1.29, 1.82) is 0 Å². The number of hydrogen-bond acceptors (Lipinski definition) is 8. The number of amides is 2. The summed E-state index contributed by atoms with van der Waals surface area (Å²) in [7, 11) is 0. The molecule has 2 amide bonds. The van der Waals surface area contributed by atoms with Gasteiger partial charge in [0.1, 0.15) is 17.7 Å². The molecule has 2 saturated heterocycles. The van der Waals surface area contributed by atoms with Crippen LogP contribution in [-0.4, -0.2) is 86.0 Å². The minimum atomic E-state index is -1.04. The Morgan fingerprint density at radius 3 is 1.72 bits per heavy atom. The molecule has 11 nitrogen and oxygen atoms in total. The SMILES string of the molecule is CCC(C)(C)C(=O)C(=O)N1CC[C@H]1C(=O)O.CCC(C)(C)C(=O)C(=O)N1CC[C@H]1C(=O)OC(C)(C)CCc1cccnc1. The van der Waals surface area contributed by atoms with Gasteiger partial charge in [0.2, 0.25) is 11.6 Å². The number of carboxylic acid groups (broad SMARTS) is 1. The number of rotatable bonds is 12. The van der Waals surface area contributed by atoms with E-state index in [-0.39, 0.29) is 0 Å². The van der Waals surface area contributed by atoms with Gasteiger partial charge < -0.3 is 19.6 Å². The summed E-state index contributed by atoms with van der Waals surface area (Å²) in [6.07, 6.45) is 7.00. The van der Waals surface area contributed by atoms with E-state index in [0.29, 0.717) is 45.2 Å². The summed E-state index contributed by atoms with van der Waals surface area (Å²) in [4.78, 5) is 78.3.